The predicted octanol–water partition coefficient (Wildman–Crippen LogP) is 1.36. The molecule has 0 aromatic rings. The molecule has 5 nitrogen and oxygen atoms in total. The van der Waals surface area contributed by atoms with Gasteiger partial charge in [-0.1, -0.05) is 32.6 Å². The molecule has 3 atom stereocenters. The number of unbranched alkanes of at least 4 members (excludes halogenated alkanes) is 4. The molecular formula is C13H24O5. The van der Waals surface area contributed by atoms with Crippen molar-refractivity contribution in [2.24, 2.45) is 0 Å². The van der Waals surface area contributed by atoms with Gasteiger partial charge in [0.15, 0.2) is 6.29 Å². The average Bonchev–Trinajstić information content (AvgIpc) is 2.66. The largest absolute Gasteiger partial charge is 0.463 e. The summed E-state index contributed by atoms with van der Waals surface area (Å²) in [5.74, 6) is -0.231. The van der Waals surface area contributed by atoms with Crippen molar-refractivity contribution in [1.82, 2.24) is 0 Å². The molecule has 0 unspecified atom stereocenters. The van der Waals surface area contributed by atoms with Crippen LogP contribution in [-0.2, 0) is 14.3 Å². The van der Waals surface area contributed by atoms with Crippen molar-refractivity contribution in [2.45, 2.75) is 70.4 Å². The highest BCUT2D eigenvalue weighted by Crippen LogP contribution is 2.18. The summed E-state index contributed by atoms with van der Waals surface area (Å²) in [6.07, 6.45) is 3.80. The lowest BCUT2D eigenvalue weighted by Gasteiger charge is -2.10. The molecule has 1 aliphatic heterocycles. The second-order valence-corrected chi connectivity index (χ2v) is 4.80. The standard InChI is InChI=1S/C13H24O5/c1-2-3-4-5-6-7-12(15)17-9-10-8-11(14)13(16)18-10/h10-11,13-14,16H,2-9H2,1H3/t10-,11-,13+/m0/s1. The SMILES string of the molecule is CCCCCCCC(=O)OC[C@@H]1C[C@H](O)[C@H](O)O1. The van der Waals surface area contributed by atoms with Crippen molar-refractivity contribution in [1.29, 1.82) is 0 Å². The Hall–Kier alpha value is -0.650. The van der Waals surface area contributed by atoms with Gasteiger partial charge in [0.25, 0.3) is 0 Å². The maximum atomic E-state index is 11.4. The number of carbonyl (C=O) groups is 1. The summed E-state index contributed by atoms with van der Waals surface area (Å²) in [5.41, 5.74) is 0. The van der Waals surface area contributed by atoms with Crippen molar-refractivity contribution in [3.8, 4) is 0 Å². The number of aliphatic hydroxyl groups is 2. The fourth-order valence-electron chi connectivity index (χ4n) is 1.97. The lowest BCUT2D eigenvalue weighted by atomic mass is 10.1. The molecule has 5 heteroatoms. The molecule has 18 heavy (non-hydrogen) atoms. The van der Waals surface area contributed by atoms with E-state index in [-0.39, 0.29) is 18.7 Å². The molecule has 0 amide bonds. The molecule has 2 N–H and O–H groups in total. The Kier molecular flexibility index (Phi) is 7.23. The molecule has 1 fully saturated rings. The summed E-state index contributed by atoms with van der Waals surface area (Å²) < 4.78 is 10.1. The van der Waals surface area contributed by atoms with Gasteiger partial charge in [0.2, 0.25) is 0 Å². The van der Waals surface area contributed by atoms with Crippen LogP contribution in [0.5, 0.6) is 0 Å². The van der Waals surface area contributed by atoms with Crippen molar-refractivity contribution in [3.63, 3.8) is 0 Å². The maximum Gasteiger partial charge on any atom is 0.305 e. The van der Waals surface area contributed by atoms with E-state index in [2.05, 4.69) is 6.92 Å². The first-order valence-corrected chi connectivity index (χ1v) is 6.80. The molecule has 0 aromatic heterocycles. The van der Waals surface area contributed by atoms with Gasteiger partial charge >= 0.3 is 5.97 Å². The van der Waals surface area contributed by atoms with Crippen LogP contribution in [0, 0.1) is 0 Å². The van der Waals surface area contributed by atoms with E-state index >= 15 is 0 Å². The van der Waals surface area contributed by atoms with Crippen LogP contribution in [0.4, 0.5) is 0 Å². The highest BCUT2D eigenvalue weighted by atomic mass is 16.6. The van der Waals surface area contributed by atoms with E-state index in [0.717, 1.165) is 19.3 Å². The third kappa shape index (κ3) is 5.80. The number of carbonyl (C=O) groups excluding carboxylic acids is 1. The highest BCUT2D eigenvalue weighted by molar-refractivity contribution is 5.69. The second kappa shape index (κ2) is 8.45. The van der Waals surface area contributed by atoms with Crippen LogP contribution in [-0.4, -0.2) is 41.3 Å². The second-order valence-electron chi connectivity index (χ2n) is 4.80. The van der Waals surface area contributed by atoms with E-state index in [9.17, 15) is 9.90 Å². The van der Waals surface area contributed by atoms with Gasteiger partial charge in [-0.3, -0.25) is 4.79 Å². The summed E-state index contributed by atoms with van der Waals surface area (Å²) in [6, 6.07) is 0. The summed E-state index contributed by atoms with van der Waals surface area (Å²) in [5, 5.41) is 18.4. The first kappa shape index (κ1) is 15.4. The number of aliphatic hydroxyl groups excluding tert-OH is 2. The van der Waals surface area contributed by atoms with E-state index in [4.69, 9.17) is 14.6 Å². The van der Waals surface area contributed by atoms with Gasteiger partial charge in [-0.2, -0.15) is 0 Å². The molecule has 1 aliphatic rings. The Balaban J connectivity index is 2.00. The van der Waals surface area contributed by atoms with Crippen molar-refractivity contribution >= 4 is 5.97 Å². The number of ether oxygens (including phenoxy) is 2. The fraction of sp³-hybridized carbons (Fsp3) is 0.923. The number of rotatable bonds is 8. The Morgan fingerprint density at radius 1 is 1.28 bits per heavy atom. The van der Waals surface area contributed by atoms with Crippen LogP contribution < -0.4 is 0 Å². The third-order valence-corrected chi connectivity index (χ3v) is 3.08. The average molecular weight is 260 g/mol. The first-order valence-electron chi connectivity index (χ1n) is 6.80. The first-order chi connectivity index (χ1) is 8.63. The molecule has 0 radical (unpaired) electrons. The van der Waals surface area contributed by atoms with Crippen LogP contribution in [0.2, 0.25) is 0 Å². The van der Waals surface area contributed by atoms with E-state index in [1.54, 1.807) is 0 Å². The number of hydrogen-bond acceptors (Lipinski definition) is 5. The molecule has 1 heterocycles. The normalized spacial score (nSPS) is 27.4. The van der Waals surface area contributed by atoms with Gasteiger partial charge in [0.1, 0.15) is 12.7 Å². The summed E-state index contributed by atoms with van der Waals surface area (Å²) in [4.78, 5) is 11.4. The molecule has 0 spiro atoms. The van der Waals surface area contributed by atoms with Crippen LogP contribution in [0.3, 0.4) is 0 Å². The van der Waals surface area contributed by atoms with E-state index in [1.165, 1.54) is 12.8 Å². The lowest BCUT2D eigenvalue weighted by molar-refractivity contribution is -0.157. The number of hydrogen-bond donors (Lipinski definition) is 2. The predicted molar refractivity (Wildman–Crippen MR) is 65.8 cm³/mol. The van der Waals surface area contributed by atoms with Crippen molar-refractivity contribution in [3.05, 3.63) is 0 Å². The van der Waals surface area contributed by atoms with Crippen molar-refractivity contribution in [2.75, 3.05) is 6.61 Å². The van der Waals surface area contributed by atoms with E-state index < -0.39 is 12.4 Å². The number of esters is 1. The molecule has 0 aromatic carbocycles. The molecule has 1 rings (SSSR count). The molecule has 0 bridgehead atoms. The minimum atomic E-state index is -1.15. The van der Waals surface area contributed by atoms with Crippen molar-refractivity contribution < 1.29 is 24.5 Å². The van der Waals surface area contributed by atoms with Gasteiger partial charge < -0.3 is 19.7 Å². The summed E-state index contributed by atoms with van der Waals surface area (Å²) >= 11 is 0. The highest BCUT2D eigenvalue weighted by Gasteiger charge is 2.32. The third-order valence-electron chi connectivity index (χ3n) is 3.08. The molecule has 0 saturated carbocycles. The topological polar surface area (TPSA) is 76.0 Å². The molecule has 1 saturated heterocycles. The smallest absolute Gasteiger partial charge is 0.305 e. The van der Waals surface area contributed by atoms with Gasteiger partial charge in [0.05, 0.1) is 6.10 Å². The molecule has 0 aliphatic carbocycles. The summed E-state index contributed by atoms with van der Waals surface area (Å²) in [6.45, 7) is 2.26. The zero-order valence-electron chi connectivity index (χ0n) is 11.0. The quantitative estimate of drug-likeness (QED) is 0.509. The Morgan fingerprint density at radius 2 is 2.00 bits per heavy atom. The van der Waals surface area contributed by atoms with Crippen LogP contribution >= 0.6 is 0 Å². The Labute approximate surface area is 108 Å². The van der Waals surface area contributed by atoms with Crippen LogP contribution in [0.15, 0.2) is 0 Å². The minimum Gasteiger partial charge on any atom is -0.463 e. The zero-order valence-corrected chi connectivity index (χ0v) is 11.0. The van der Waals surface area contributed by atoms with Gasteiger partial charge in [-0.25, -0.2) is 0 Å². The van der Waals surface area contributed by atoms with Gasteiger partial charge in [0, 0.05) is 12.8 Å². The van der Waals surface area contributed by atoms with Crippen LogP contribution in [0.25, 0.3) is 0 Å². The summed E-state index contributed by atoms with van der Waals surface area (Å²) in [7, 11) is 0. The Morgan fingerprint density at radius 3 is 2.61 bits per heavy atom. The monoisotopic (exact) mass is 260 g/mol. The van der Waals surface area contributed by atoms with Crippen LogP contribution in [0.1, 0.15) is 51.9 Å². The molecular weight excluding hydrogens is 236 g/mol. The maximum absolute atomic E-state index is 11.4. The van der Waals surface area contributed by atoms with E-state index in [0.29, 0.717) is 12.8 Å². The fourth-order valence-corrected chi connectivity index (χ4v) is 1.97. The Bertz CT molecular complexity index is 234. The lowest BCUT2D eigenvalue weighted by Crippen LogP contribution is -2.20. The molecule has 106 valence electrons. The van der Waals surface area contributed by atoms with Gasteiger partial charge in [-0.15, -0.1) is 0 Å². The minimum absolute atomic E-state index is 0.113. The van der Waals surface area contributed by atoms with E-state index in [1.807, 2.05) is 0 Å². The zero-order chi connectivity index (χ0) is 13.4. The van der Waals surface area contributed by atoms with Gasteiger partial charge in [-0.05, 0) is 6.42 Å².